The molecule has 0 N–H and O–H groups in total. The number of carbonyl (C=O) groups is 1. The van der Waals surface area contributed by atoms with Crippen LogP contribution in [0.1, 0.15) is 59.4 Å². The van der Waals surface area contributed by atoms with Gasteiger partial charge in [0.2, 0.25) is 0 Å². The molecule has 1 amide bonds. The fraction of sp³-hybridized carbons (Fsp3) is 0.478. The minimum Gasteiger partial charge on any atom is -0.337 e. The highest BCUT2D eigenvalue weighted by molar-refractivity contribution is 7.15. The zero-order valence-electron chi connectivity index (χ0n) is 16.8. The fourth-order valence-corrected chi connectivity index (χ4v) is 5.39. The molecule has 0 bridgehead atoms. The minimum absolute atomic E-state index is 0.121. The van der Waals surface area contributed by atoms with Crippen molar-refractivity contribution in [1.82, 2.24) is 19.2 Å². The third kappa shape index (κ3) is 3.83. The minimum atomic E-state index is 0.121. The Morgan fingerprint density at radius 3 is 2.59 bits per heavy atom. The summed E-state index contributed by atoms with van der Waals surface area (Å²) in [5, 5.41) is 2.06. The molecule has 0 spiro atoms. The van der Waals surface area contributed by atoms with Gasteiger partial charge in [-0.25, -0.2) is 4.98 Å². The number of imidazole rings is 1. The molecular formula is C23H28N4OS. The Bertz CT molecular complexity index is 999. The number of thiazole rings is 1. The second-order valence-electron chi connectivity index (χ2n) is 8.25. The van der Waals surface area contributed by atoms with E-state index in [9.17, 15) is 4.79 Å². The highest BCUT2D eigenvalue weighted by atomic mass is 32.1. The van der Waals surface area contributed by atoms with Crippen molar-refractivity contribution in [3.8, 4) is 0 Å². The molecule has 0 unspecified atom stereocenters. The highest BCUT2D eigenvalue weighted by Gasteiger charge is 2.27. The summed E-state index contributed by atoms with van der Waals surface area (Å²) in [5.74, 6) is 0.121. The molecule has 152 valence electrons. The van der Waals surface area contributed by atoms with E-state index in [1.54, 1.807) is 11.3 Å². The summed E-state index contributed by atoms with van der Waals surface area (Å²) in [6.45, 7) is 4.44. The Kier molecular flexibility index (Phi) is 5.38. The van der Waals surface area contributed by atoms with Crippen molar-refractivity contribution in [3.63, 3.8) is 0 Å². The maximum atomic E-state index is 13.4. The van der Waals surface area contributed by atoms with E-state index in [0.717, 1.165) is 62.6 Å². The van der Waals surface area contributed by atoms with Gasteiger partial charge in [0.25, 0.3) is 5.91 Å². The van der Waals surface area contributed by atoms with E-state index in [1.807, 2.05) is 4.90 Å². The summed E-state index contributed by atoms with van der Waals surface area (Å²) in [4.78, 5) is 23.6. The molecule has 4 heterocycles. The molecule has 0 saturated carbocycles. The van der Waals surface area contributed by atoms with Crippen LogP contribution in [0.3, 0.4) is 0 Å². The Morgan fingerprint density at radius 1 is 1.00 bits per heavy atom. The first kappa shape index (κ1) is 18.8. The zero-order valence-corrected chi connectivity index (χ0v) is 17.7. The lowest BCUT2D eigenvalue weighted by Gasteiger charge is -2.29. The third-order valence-corrected chi connectivity index (χ3v) is 7.05. The third-order valence-electron chi connectivity index (χ3n) is 6.29. The normalized spacial score (nSPS) is 18.4. The van der Waals surface area contributed by atoms with Gasteiger partial charge in [0.05, 0.1) is 5.69 Å². The van der Waals surface area contributed by atoms with E-state index in [-0.39, 0.29) is 5.91 Å². The van der Waals surface area contributed by atoms with Crippen LogP contribution in [0.25, 0.3) is 4.96 Å². The maximum Gasteiger partial charge on any atom is 0.274 e. The predicted octanol–water partition coefficient (Wildman–Crippen LogP) is 4.36. The van der Waals surface area contributed by atoms with Crippen LogP contribution in [0.5, 0.6) is 0 Å². The highest BCUT2D eigenvalue weighted by Crippen LogP contribution is 2.25. The van der Waals surface area contributed by atoms with E-state index in [1.165, 1.54) is 30.4 Å². The summed E-state index contributed by atoms with van der Waals surface area (Å²) in [6, 6.07) is 8.71. The van der Waals surface area contributed by atoms with E-state index in [2.05, 4.69) is 45.1 Å². The predicted molar refractivity (Wildman–Crippen MR) is 116 cm³/mol. The quantitative estimate of drug-likeness (QED) is 0.647. The van der Waals surface area contributed by atoms with Crippen LogP contribution >= 0.6 is 11.3 Å². The second-order valence-corrected chi connectivity index (χ2v) is 9.13. The van der Waals surface area contributed by atoms with Crippen molar-refractivity contribution in [3.05, 3.63) is 58.4 Å². The molecule has 3 aromatic rings. The molecule has 6 heteroatoms. The molecule has 1 fully saturated rings. The summed E-state index contributed by atoms with van der Waals surface area (Å²) in [5.41, 5.74) is 4.57. The second kappa shape index (κ2) is 8.28. The molecule has 0 radical (unpaired) electrons. The Morgan fingerprint density at radius 2 is 1.76 bits per heavy atom. The monoisotopic (exact) mass is 408 g/mol. The van der Waals surface area contributed by atoms with Crippen LogP contribution < -0.4 is 0 Å². The first-order valence-corrected chi connectivity index (χ1v) is 11.7. The number of fused-ring (bicyclic) bond motifs is 2. The maximum absolute atomic E-state index is 13.4. The molecule has 1 aromatic carbocycles. The number of hydrogen-bond acceptors (Lipinski definition) is 4. The molecular weight excluding hydrogens is 380 g/mol. The molecule has 1 saturated heterocycles. The molecule has 2 aliphatic heterocycles. The van der Waals surface area contributed by atoms with Gasteiger partial charge in [0.1, 0.15) is 0 Å². The van der Waals surface area contributed by atoms with Gasteiger partial charge in [-0.1, -0.05) is 43.5 Å². The molecule has 2 aliphatic rings. The van der Waals surface area contributed by atoms with Crippen molar-refractivity contribution >= 4 is 22.2 Å². The summed E-state index contributed by atoms with van der Waals surface area (Å²) < 4.78 is 2.13. The van der Waals surface area contributed by atoms with Gasteiger partial charge in [0, 0.05) is 44.3 Å². The standard InChI is InChI=1S/C23H28N4OS/c28-22(26-11-6-2-1-3-7-12-26)21-20(27-14-15-29-23(27)24-21)17-25-13-10-18-8-4-5-9-19(18)16-25/h4-5,8-9,14-15H,1-3,6-7,10-13,16-17H2. The van der Waals surface area contributed by atoms with E-state index < -0.39 is 0 Å². The Labute approximate surface area is 176 Å². The Hall–Kier alpha value is -2.18. The summed E-state index contributed by atoms with van der Waals surface area (Å²) >= 11 is 1.61. The van der Waals surface area contributed by atoms with Crippen molar-refractivity contribution in [2.75, 3.05) is 19.6 Å². The summed E-state index contributed by atoms with van der Waals surface area (Å²) in [7, 11) is 0. The van der Waals surface area contributed by atoms with Crippen LogP contribution in [0, 0.1) is 0 Å². The number of amides is 1. The van der Waals surface area contributed by atoms with Crippen LogP contribution in [-0.4, -0.2) is 44.7 Å². The van der Waals surface area contributed by atoms with Crippen molar-refractivity contribution in [1.29, 1.82) is 0 Å². The smallest absolute Gasteiger partial charge is 0.274 e. The molecule has 0 atom stereocenters. The first-order chi connectivity index (χ1) is 14.3. The van der Waals surface area contributed by atoms with Crippen LogP contribution in [-0.2, 0) is 19.5 Å². The topological polar surface area (TPSA) is 40.9 Å². The lowest BCUT2D eigenvalue weighted by atomic mass is 10.00. The SMILES string of the molecule is O=C(c1nc2sccn2c1CN1CCc2ccccc2C1)N1CCCCCCC1. The number of hydrogen-bond donors (Lipinski definition) is 0. The van der Waals surface area contributed by atoms with Gasteiger partial charge >= 0.3 is 0 Å². The number of benzene rings is 1. The number of rotatable bonds is 3. The van der Waals surface area contributed by atoms with E-state index in [4.69, 9.17) is 4.98 Å². The number of aromatic nitrogens is 2. The van der Waals surface area contributed by atoms with Crippen molar-refractivity contribution in [2.24, 2.45) is 0 Å². The average molecular weight is 409 g/mol. The fourth-order valence-electron chi connectivity index (χ4n) is 4.66. The zero-order chi connectivity index (χ0) is 19.6. The number of nitrogens with zero attached hydrogens (tertiary/aromatic N) is 4. The molecule has 2 aromatic heterocycles. The van der Waals surface area contributed by atoms with Crippen LogP contribution in [0.4, 0.5) is 0 Å². The van der Waals surface area contributed by atoms with Gasteiger partial charge in [-0.3, -0.25) is 14.1 Å². The van der Waals surface area contributed by atoms with Crippen LogP contribution in [0.2, 0.25) is 0 Å². The lowest BCUT2D eigenvalue weighted by Crippen LogP contribution is -2.36. The number of carbonyl (C=O) groups excluding carboxylic acids is 1. The van der Waals surface area contributed by atoms with E-state index >= 15 is 0 Å². The van der Waals surface area contributed by atoms with Gasteiger partial charge in [-0.2, -0.15) is 0 Å². The van der Waals surface area contributed by atoms with Crippen LogP contribution in [0.15, 0.2) is 35.8 Å². The Balaban J connectivity index is 1.41. The molecule has 5 nitrogen and oxygen atoms in total. The van der Waals surface area contributed by atoms with Gasteiger partial charge < -0.3 is 4.90 Å². The summed E-state index contributed by atoms with van der Waals surface area (Å²) in [6.07, 6.45) is 9.08. The van der Waals surface area contributed by atoms with Gasteiger partial charge in [-0.15, -0.1) is 11.3 Å². The number of likely N-dealkylation sites (tertiary alicyclic amines) is 1. The van der Waals surface area contributed by atoms with E-state index in [0.29, 0.717) is 5.69 Å². The molecule has 0 aliphatic carbocycles. The van der Waals surface area contributed by atoms with Crippen molar-refractivity contribution in [2.45, 2.75) is 51.6 Å². The lowest BCUT2D eigenvalue weighted by molar-refractivity contribution is 0.0734. The van der Waals surface area contributed by atoms with Gasteiger partial charge in [-0.05, 0) is 30.4 Å². The molecule has 29 heavy (non-hydrogen) atoms. The first-order valence-electron chi connectivity index (χ1n) is 10.8. The average Bonchev–Trinajstić information content (AvgIpc) is 3.30. The largest absolute Gasteiger partial charge is 0.337 e. The van der Waals surface area contributed by atoms with Crippen molar-refractivity contribution < 1.29 is 4.79 Å². The van der Waals surface area contributed by atoms with Gasteiger partial charge in [0.15, 0.2) is 10.7 Å². The molecule has 5 rings (SSSR count).